The summed E-state index contributed by atoms with van der Waals surface area (Å²) in [6.07, 6.45) is 4.72. The van der Waals surface area contributed by atoms with E-state index in [0.29, 0.717) is 25.4 Å². The topological polar surface area (TPSA) is 69.6 Å². The fraction of sp³-hybridized carbons (Fsp3) is 0.846. The Kier molecular flexibility index (Phi) is 4.09. The Hall–Kier alpha value is -1.26. The zero-order valence-electron chi connectivity index (χ0n) is 10.9. The van der Waals surface area contributed by atoms with Crippen LogP contribution < -0.4 is 5.32 Å². The van der Waals surface area contributed by atoms with Gasteiger partial charge in [0.15, 0.2) is 0 Å². The summed E-state index contributed by atoms with van der Waals surface area (Å²) in [5.41, 5.74) is 0. The summed E-state index contributed by atoms with van der Waals surface area (Å²) in [5, 5.41) is 12.0. The van der Waals surface area contributed by atoms with Crippen LogP contribution >= 0.6 is 0 Å². The molecule has 2 fully saturated rings. The van der Waals surface area contributed by atoms with Crippen molar-refractivity contribution in [2.45, 2.75) is 45.1 Å². The molecule has 2 N–H and O–H groups in total. The number of hydrogen-bond donors (Lipinski definition) is 2. The molecule has 1 heterocycles. The number of carboxylic acids is 1. The fourth-order valence-electron chi connectivity index (χ4n) is 2.97. The van der Waals surface area contributed by atoms with Gasteiger partial charge in [0.1, 0.15) is 0 Å². The van der Waals surface area contributed by atoms with Gasteiger partial charge in [0.25, 0.3) is 0 Å². The molecule has 1 aliphatic heterocycles. The maximum absolute atomic E-state index is 12.1. The molecule has 0 aromatic carbocycles. The molecule has 5 nitrogen and oxygen atoms in total. The lowest BCUT2D eigenvalue weighted by molar-refractivity contribution is -0.143. The van der Waals surface area contributed by atoms with Crippen LogP contribution in [0.2, 0.25) is 0 Å². The van der Waals surface area contributed by atoms with E-state index in [-0.39, 0.29) is 12.1 Å². The van der Waals surface area contributed by atoms with Crippen molar-refractivity contribution in [3.05, 3.63) is 0 Å². The predicted molar refractivity (Wildman–Crippen MR) is 67.3 cm³/mol. The third-order valence-corrected chi connectivity index (χ3v) is 4.08. The molecule has 0 aromatic heterocycles. The van der Waals surface area contributed by atoms with Gasteiger partial charge in [-0.05, 0) is 38.0 Å². The molecule has 0 radical (unpaired) electrons. The molecule has 3 atom stereocenters. The lowest BCUT2D eigenvalue weighted by atomic mass is 9.99. The normalized spacial score (nSPS) is 32.3. The average molecular weight is 254 g/mol. The first kappa shape index (κ1) is 13.2. The summed E-state index contributed by atoms with van der Waals surface area (Å²) in [7, 11) is 0. The molecule has 2 aliphatic rings. The molecule has 5 heteroatoms. The van der Waals surface area contributed by atoms with Crippen molar-refractivity contribution in [2.75, 3.05) is 13.1 Å². The van der Waals surface area contributed by atoms with E-state index in [1.54, 1.807) is 4.90 Å². The maximum atomic E-state index is 12.1. The first-order chi connectivity index (χ1) is 8.56. The molecule has 0 aromatic rings. The van der Waals surface area contributed by atoms with Crippen LogP contribution in [0.25, 0.3) is 0 Å². The quantitative estimate of drug-likeness (QED) is 0.787. The highest BCUT2D eigenvalue weighted by Crippen LogP contribution is 2.25. The molecular formula is C13H22N2O3. The Balaban J connectivity index is 1.83. The van der Waals surface area contributed by atoms with Crippen molar-refractivity contribution < 1.29 is 14.7 Å². The molecule has 1 saturated carbocycles. The van der Waals surface area contributed by atoms with E-state index in [1.807, 2.05) is 0 Å². The largest absolute Gasteiger partial charge is 0.481 e. The zero-order chi connectivity index (χ0) is 13.1. The standard InChI is InChI=1S/C13H22N2O3/c1-9-4-5-11(7-9)14-13(18)15-6-2-3-10(8-15)12(16)17/h9-11H,2-8H2,1H3,(H,14,18)(H,16,17)/t9?,10-,11?/m1/s1. The number of likely N-dealkylation sites (tertiary alicyclic amines) is 1. The van der Waals surface area contributed by atoms with Crippen molar-refractivity contribution in [2.24, 2.45) is 11.8 Å². The number of nitrogens with zero attached hydrogens (tertiary/aromatic N) is 1. The summed E-state index contributed by atoms with van der Waals surface area (Å²) >= 11 is 0. The number of hydrogen-bond acceptors (Lipinski definition) is 2. The van der Waals surface area contributed by atoms with Gasteiger partial charge >= 0.3 is 12.0 Å². The number of amides is 2. The molecule has 102 valence electrons. The third-order valence-electron chi connectivity index (χ3n) is 4.08. The second-order valence-corrected chi connectivity index (χ2v) is 5.69. The molecule has 2 amide bonds. The molecule has 18 heavy (non-hydrogen) atoms. The van der Waals surface area contributed by atoms with Gasteiger partial charge in [-0.2, -0.15) is 0 Å². The van der Waals surface area contributed by atoms with Crippen LogP contribution in [0.3, 0.4) is 0 Å². The van der Waals surface area contributed by atoms with Crippen LogP contribution in [0, 0.1) is 11.8 Å². The summed E-state index contributed by atoms with van der Waals surface area (Å²) in [5.74, 6) is -0.502. The smallest absolute Gasteiger partial charge is 0.317 e. The third kappa shape index (κ3) is 3.15. The van der Waals surface area contributed by atoms with E-state index >= 15 is 0 Å². The Morgan fingerprint density at radius 2 is 2.06 bits per heavy atom. The Morgan fingerprint density at radius 3 is 2.67 bits per heavy atom. The summed E-state index contributed by atoms with van der Waals surface area (Å²) in [4.78, 5) is 24.7. The van der Waals surface area contributed by atoms with Crippen LogP contribution in [0.5, 0.6) is 0 Å². The maximum Gasteiger partial charge on any atom is 0.317 e. The first-order valence-electron chi connectivity index (χ1n) is 6.84. The highest BCUT2D eigenvalue weighted by Gasteiger charge is 2.30. The summed E-state index contributed by atoms with van der Waals surface area (Å²) in [6.45, 7) is 3.23. The van der Waals surface area contributed by atoms with E-state index in [0.717, 1.165) is 19.3 Å². The van der Waals surface area contributed by atoms with Crippen LogP contribution in [0.15, 0.2) is 0 Å². The molecule has 2 rings (SSSR count). The van der Waals surface area contributed by atoms with Crippen LogP contribution in [0.1, 0.15) is 39.0 Å². The van der Waals surface area contributed by atoms with Gasteiger partial charge < -0.3 is 15.3 Å². The average Bonchev–Trinajstić information content (AvgIpc) is 2.75. The van der Waals surface area contributed by atoms with Crippen molar-refractivity contribution in [3.63, 3.8) is 0 Å². The summed E-state index contributed by atoms with van der Waals surface area (Å²) in [6, 6.07) is 0.192. The van der Waals surface area contributed by atoms with Gasteiger partial charge in [0, 0.05) is 19.1 Å². The molecular weight excluding hydrogens is 232 g/mol. The minimum atomic E-state index is -0.790. The monoisotopic (exact) mass is 254 g/mol. The molecule has 0 spiro atoms. The highest BCUT2D eigenvalue weighted by atomic mass is 16.4. The van der Waals surface area contributed by atoms with Crippen LogP contribution in [-0.2, 0) is 4.79 Å². The molecule has 1 saturated heterocycles. The number of rotatable bonds is 2. The number of carbonyl (C=O) groups excluding carboxylic acids is 1. The number of carboxylic acid groups (broad SMARTS) is 1. The van der Waals surface area contributed by atoms with E-state index in [2.05, 4.69) is 12.2 Å². The van der Waals surface area contributed by atoms with Gasteiger partial charge in [-0.1, -0.05) is 6.92 Å². The Bertz CT molecular complexity index is 332. The number of aliphatic carboxylic acids is 1. The van der Waals surface area contributed by atoms with Crippen LogP contribution in [0.4, 0.5) is 4.79 Å². The number of carbonyl (C=O) groups is 2. The number of urea groups is 1. The van der Waals surface area contributed by atoms with E-state index in [9.17, 15) is 9.59 Å². The second kappa shape index (κ2) is 5.59. The van der Waals surface area contributed by atoms with E-state index in [1.165, 1.54) is 6.42 Å². The molecule has 0 bridgehead atoms. The number of piperidine rings is 1. The lowest BCUT2D eigenvalue weighted by Gasteiger charge is -2.31. The van der Waals surface area contributed by atoms with Gasteiger partial charge in [-0.15, -0.1) is 0 Å². The zero-order valence-corrected chi connectivity index (χ0v) is 10.9. The van der Waals surface area contributed by atoms with Gasteiger partial charge in [-0.25, -0.2) is 4.79 Å². The van der Waals surface area contributed by atoms with E-state index < -0.39 is 11.9 Å². The van der Waals surface area contributed by atoms with Crippen LogP contribution in [-0.4, -0.2) is 41.1 Å². The highest BCUT2D eigenvalue weighted by molar-refractivity contribution is 5.76. The fourth-order valence-corrected chi connectivity index (χ4v) is 2.97. The Labute approximate surface area is 108 Å². The number of nitrogens with one attached hydrogen (secondary N) is 1. The van der Waals surface area contributed by atoms with Gasteiger partial charge in [-0.3, -0.25) is 4.79 Å². The molecule has 1 aliphatic carbocycles. The molecule has 2 unspecified atom stereocenters. The Morgan fingerprint density at radius 1 is 1.28 bits per heavy atom. The first-order valence-corrected chi connectivity index (χ1v) is 6.84. The predicted octanol–water partition coefficient (Wildman–Crippen LogP) is 1.68. The second-order valence-electron chi connectivity index (χ2n) is 5.69. The van der Waals surface area contributed by atoms with Crippen molar-refractivity contribution in [3.8, 4) is 0 Å². The van der Waals surface area contributed by atoms with E-state index in [4.69, 9.17) is 5.11 Å². The minimum Gasteiger partial charge on any atom is -0.481 e. The SMILES string of the molecule is CC1CCC(NC(=O)N2CCC[C@@H](C(=O)O)C2)C1. The van der Waals surface area contributed by atoms with Gasteiger partial charge in [0.2, 0.25) is 0 Å². The van der Waals surface area contributed by atoms with Gasteiger partial charge in [0.05, 0.1) is 5.92 Å². The lowest BCUT2D eigenvalue weighted by Crippen LogP contribution is -2.49. The summed E-state index contributed by atoms with van der Waals surface area (Å²) < 4.78 is 0. The van der Waals surface area contributed by atoms with Crippen molar-refractivity contribution >= 4 is 12.0 Å². The van der Waals surface area contributed by atoms with Crippen molar-refractivity contribution in [1.29, 1.82) is 0 Å². The minimum absolute atomic E-state index is 0.0833. The van der Waals surface area contributed by atoms with Crippen molar-refractivity contribution in [1.82, 2.24) is 10.2 Å².